The second-order valence-corrected chi connectivity index (χ2v) is 9.92. The number of anilines is 1. The molecule has 1 saturated carbocycles. The van der Waals surface area contributed by atoms with Crippen LogP contribution >= 0.6 is 0 Å². The van der Waals surface area contributed by atoms with Crippen LogP contribution in [0.1, 0.15) is 60.6 Å². The van der Waals surface area contributed by atoms with Gasteiger partial charge in [0, 0.05) is 42.8 Å². The molecular formula is C29H39N5O2. The Morgan fingerprint density at radius 2 is 1.97 bits per heavy atom. The summed E-state index contributed by atoms with van der Waals surface area (Å²) in [6.07, 6.45) is 10.9. The smallest absolute Gasteiger partial charge is 0.221 e. The zero-order chi connectivity index (χ0) is 25.3. The normalized spacial score (nSPS) is 17.4. The second-order valence-electron chi connectivity index (χ2n) is 9.92. The summed E-state index contributed by atoms with van der Waals surface area (Å²) in [7, 11) is 3.61. The molecule has 36 heavy (non-hydrogen) atoms. The van der Waals surface area contributed by atoms with E-state index in [2.05, 4.69) is 56.7 Å². The largest absolute Gasteiger partial charge is 0.481 e. The Hall–Kier alpha value is -3.03. The van der Waals surface area contributed by atoms with Crippen molar-refractivity contribution in [3.63, 3.8) is 0 Å². The summed E-state index contributed by atoms with van der Waals surface area (Å²) in [6.45, 7) is 6.10. The van der Waals surface area contributed by atoms with E-state index in [4.69, 9.17) is 4.74 Å². The molecule has 1 saturated heterocycles. The number of nitrogens with zero attached hydrogens (tertiary/aromatic N) is 3. The first-order valence-corrected chi connectivity index (χ1v) is 13.1. The van der Waals surface area contributed by atoms with E-state index < -0.39 is 0 Å². The van der Waals surface area contributed by atoms with Crippen molar-refractivity contribution in [3.05, 3.63) is 59.5 Å². The molecule has 2 aromatic heterocycles. The fourth-order valence-electron chi connectivity index (χ4n) is 4.97. The molecule has 1 atom stereocenters. The lowest BCUT2D eigenvalue weighted by Crippen LogP contribution is -2.26. The molecule has 0 amide bonds. The predicted octanol–water partition coefficient (Wildman–Crippen LogP) is 4.74. The van der Waals surface area contributed by atoms with Crippen LogP contribution in [0.25, 0.3) is 10.8 Å². The fraction of sp³-hybridized carbons (Fsp3) is 0.483. The maximum absolute atomic E-state index is 10.6. The van der Waals surface area contributed by atoms with Crippen LogP contribution in [0, 0.1) is 5.92 Å². The van der Waals surface area contributed by atoms with Gasteiger partial charge in [-0.2, -0.15) is 0 Å². The highest BCUT2D eigenvalue weighted by Gasteiger charge is 2.20. The zero-order valence-corrected chi connectivity index (χ0v) is 21.8. The van der Waals surface area contributed by atoms with Crippen molar-refractivity contribution in [2.24, 2.45) is 5.92 Å². The third-order valence-corrected chi connectivity index (χ3v) is 7.22. The number of rotatable bonds is 9. The van der Waals surface area contributed by atoms with Crippen LogP contribution in [0.4, 0.5) is 5.69 Å². The number of ether oxygens (including phenoxy) is 1. The summed E-state index contributed by atoms with van der Waals surface area (Å²) < 4.78 is 5.43. The minimum absolute atomic E-state index is 0.568. The molecule has 0 radical (unpaired) electrons. The minimum Gasteiger partial charge on any atom is -0.481 e. The van der Waals surface area contributed by atoms with Gasteiger partial charge in [-0.05, 0) is 87.3 Å². The molecule has 3 aromatic rings. The number of aldehydes is 1. The Labute approximate surface area is 214 Å². The number of methoxy groups -OCH3 is 1. The summed E-state index contributed by atoms with van der Waals surface area (Å²) in [4.78, 5) is 21.5. The lowest BCUT2D eigenvalue weighted by molar-refractivity contribution is 0.112. The van der Waals surface area contributed by atoms with E-state index in [-0.39, 0.29) is 0 Å². The maximum Gasteiger partial charge on any atom is 0.221 e. The Morgan fingerprint density at radius 3 is 2.64 bits per heavy atom. The third-order valence-electron chi connectivity index (χ3n) is 7.22. The molecule has 7 nitrogen and oxygen atoms in total. The quantitative estimate of drug-likeness (QED) is 0.421. The highest BCUT2D eigenvalue weighted by molar-refractivity contribution is 5.87. The van der Waals surface area contributed by atoms with Crippen LogP contribution in [0.2, 0.25) is 0 Å². The van der Waals surface area contributed by atoms with Gasteiger partial charge < -0.3 is 20.3 Å². The molecule has 1 aliphatic carbocycles. The van der Waals surface area contributed by atoms with E-state index in [1.165, 1.54) is 43.1 Å². The Kier molecular flexibility index (Phi) is 9.25. The molecular weight excluding hydrogens is 450 g/mol. The highest BCUT2D eigenvalue weighted by Crippen LogP contribution is 2.27. The Bertz CT molecular complexity index is 1150. The van der Waals surface area contributed by atoms with E-state index in [9.17, 15) is 4.79 Å². The first-order valence-electron chi connectivity index (χ1n) is 13.1. The van der Waals surface area contributed by atoms with Crippen molar-refractivity contribution >= 4 is 22.7 Å². The number of aromatic nitrogens is 2. The first-order chi connectivity index (χ1) is 17.6. The summed E-state index contributed by atoms with van der Waals surface area (Å²) in [6, 6.07) is 11.1. The molecule has 7 heteroatoms. The molecule has 2 N–H and O–H groups in total. The van der Waals surface area contributed by atoms with Gasteiger partial charge in [0.2, 0.25) is 5.88 Å². The molecule has 0 spiro atoms. The second kappa shape index (κ2) is 12.8. The summed E-state index contributed by atoms with van der Waals surface area (Å²) in [5.41, 5.74) is 4.04. The van der Waals surface area contributed by atoms with Gasteiger partial charge in [-0.15, -0.1) is 0 Å². The molecule has 1 aliphatic heterocycles. The molecule has 3 heterocycles. The van der Waals surface area contributed by atoms with Gasteiger partial charge in [0.05, 0.1) is 24.7 Å². The van der Waals surface area contributed by atoms with E-state index in [0.717, 1.165) is 55.2 Å². The molecule has 0 bridgehead atoms. The standard InChI is InChI=1S/C18H25N3O.C11H14N2O/c1-19-12-16-9-15-8-14(11-20-10-13-4-3-5-13)6-7-17(15)18(21-16)22-2;1-9-3-2-4-13(9)11-5-10(8-14)6-12-7-11/h6-9,13,19-20H,3-5,10-12H2,1-2H3;5-9H,2-4H2,1H3. The molecule has 1 aromatic carbocycles. The molecule has 2 fully saturated rings. The van der Waals surface area contributed by atoms with E-state index in [0.29, 0.717) is 17.5 Å². The van der Waals surface area contributed by atoms with Crippen LogP contribution in [-0.4, -0.2) is 49.5 Å². The fourth-order valence-corrected chi connectivity index (χ4v) is 4.97. The number of hydrogen-bond donors (Lipinski definition) is 2. The van der Waals surface area contributed by atoms with Gasteiger partial charge in [-0.25, -0.2) is 4.98 Å². The maximum atomic E-state index is 10.6. The Balaban J connectivity index is 0.000000187. The van der Waals surface area contributed by atoms with Gasteiger partial charge in [0.15, 0.2) is 6.29 Å². The number of hydrogen-bond acceptors (Lipinski definition) is 7. The van der Waals surface area contributed by atoms with Crippen LogP contribution in [0.15, 0.2) is 42.7 Å². The lowest BCUT2D eigenvalue weighted by atomic mass is 9.85. The van der Waals surface area contributed by atoms with Gasteiger partial charge in [-0.1, -0.05) is 12.5 Å². The van der Waals surface area contributed by atoms with Crippen molar-refractivity contribution in [3.8, 4) is 5.88 Å². The lowest BCUT2D eigenvalue weighted by Gasteiger charge is -2.25. The van der Waals surface area contributed by atoms with Gasteiger partial charge >= 0.3 is 0 Å². The average Bonchev–Trinajstić information content (AvgIpc) is 3.31. The van der Waals surface area contributed by atoms with Gasteiger partial charge in [-0.3, -0.25) is 9.78 Å². The number of carbonyl (C=O) groups is 1. The van der Waals surface area contributed by atoms with Crippen molar-refractivity contribution in [1.29, 1.82) is 0 Å². The molecule has 2 aliphatic rings. The number of fused-ring (bicyclic) bond motifs is 1. The number of carbonyl (C=O) groups excluding carboxylic acids is 1. The monoisotopic (exact) mass is 489 g/mol. The zero-order valence-electron chi connectivity index (χ0n) is 21.8. The van der Waals surface area contributed by atoms with Gasteiger partial charge in [0.1, 0.15) is 0 Å². The summed E-state index contributed by atoms with van der Waals surface area (Å²) in [5, 5.41) is 8.99. The summed E-state index contributed by atoms with van der Waals surface area (Å²) in [5.74, 6) is 1.60. The SMILES string of the molecule is CC1CCCN1c1cncc(C=O)c1.CNCc1cc2cc(CNCC3CCC3)ccc2c(OC)n1. The van der Waals surface area contributed by atoms with Crippen LogP contribution in [-0.2, 0) is 13.1 Å². The molecule has 192 valence electrons. The van der Waals surface area contributed by atoms with E-state index >= 15 is 0 Å². The molecule has 1 unspecified atom stereocenters. The first kappa shape index (κ1) is 26.0. The minimum atomic E-state index is 0.568. The van der Waals surface area contributed by atoms with Crippen LogP contribution in [0.5, 0.6) is 5.88 Å². The van der Waals surface area contributed by atoms with Crippen molar-refractivity contribution < 1.29 is 9.53 Å². The van der Waals surface area contributed by atoms with Gasteiger partial charge in [0.25, 0.3) is 0 Å². The highest BCUT2D eigenvalue weighted by atomic mass is 16.5. The summed E-state index contributed by atoms with van der Waals surface area (Å²) >= 11 is 0. The predicted molar refractivity (Wildman–Crippen MR) is 146 cm³/mol. The van der Waals surface area contributed by atoms with Crippen LogP contribution < -0.4 is 20.3 Å². The van der Waals surface area contributed by atoms with Crippen molar-refractivity contribution in [2.75, 3.05) is 32.1 Å². The third kappa shape index (κ3) is 6.59. The van der Waals surface area contributed by atoms with Crippen LogP contribution in [0.3, 0.4) is 0 Å². The number of benzene rings is 1. The van der Waals surface area contributed by atoms with Crippen molar-refractivity contribution in [1.82, 2.24) is 20.6 Å². The van der Waals surface area contributed by atoms with Crippen molar-refractivity contribution in [2.45, 2.75) is 58.2 Å². The van der Waals surface area contributed by atoms with E-state index in [1.807, 2.05) is 19.3 Å². The number of pyridine rings is 2. The Morgan fingerprint density at radius 1 is 1.11 bits per heavy atom. The number of nitrogens with one attached hydrogen (secondary N) is 2. The average molecular weight is 490 g/mol. The molecule has 5 rings (SSSR count). The van der Waals surface area contributed by atoms with E-state index in [1.54, 1.807) is 13.3 Å². The topological polar surface area (TPSA) is 79.4 Å².